The molecule has 1 aliphatic rings. The molecule has 2 aromatic rings. The molecule has 0 spiro atoms. The van der Waals surface area contributed by atoms with Crippen LogP contribution in [0, 0.1) is 0 Å². The summed E-state index contributed by atoms with van der Waals surface area (Å²) in [5.41, 5.74) is 9.58. The van der Waals surface area contributed by atoms with Crippen LogP contribution < -0.4 is 5.73 Å². The van der Waals surface area contributed by atoms with Gasteiger partial charge >= 0.3 is 0 Å². The standard InChI is InChI=1S/C16H19NS/c17-15(11-13-7-10-18-12-13)16(8-4-9-16)14-5-2-1-3-6-14/h1-3,5-7,10,12,15H,4,8-9,11,17H2. The van der Waals surface area contributed by atoms with E-state index in [2.05, 4.69) is 47.2 Å². The van der Waals surface area contributed by atoms with E-state index in [0.717, 1.165) is 6.42 Å². The third kappa shape index (κ3) is 2.00. The van der Waals surface area contributed by atoms with Crippen LogP contribution >= 0.6 is 11.3 Å². The zero-order valence-electron chi connectivity index (χ0n) is 10.5. The summed E-state index contributed by atoms with van der Waals surface area (Å²) in [6, 6.07) is 13.3. The summed E-state index contributed by atoms with van der Waals surface area (Å²) in [6.45, 7) is 0. The van der Waals surface area contributed by atoms with E-state index in [9.17, 15) is 0 Å². The number of hydrogen-bond donors (Lipinski definition) is 1. The molecule has 1 saturated carbocycles. The first-order valence-electron chi connectivity index (χ1n) is 6.63. The number of nitrogens with two attached hydrogens (primary N) is 1. The van der Waals surface area contributed by atoms with Gasteiger partial charge in [-0.05, 0) is 47.2 Å². The van der Waals surface area contributed by atoms with Crippen molar-refractivity contribution in [3.8, 4) is 0 Å². The molecule has 2 heteroatoms. The summed E-state index contributed by atoms with van der Waals surface area (Å²) in [4.78, 5) is 0. The van der Waals surface area contributed by atoms with Crippen molar-refractivity contribution < 1.29 is 0 Å². The van der Waals surface area contributed by atoms with Crippen molar-refractivity contribution in [3.63, 3.8) is 0 Å². The fraction of sp³-hybridized carbons (Fsp3) is 0.375. The lowest BCUT2D eigenvalue weighted by Gasteiger charge is -2.47. The van der Waals surface area contributed by atoms with Gasteiger partial charge in [0.25, 0.3) is 0 Å². The van der Waals surface area contributed by atoms with E-state index in [-0.39, 0.29) is 11.5 Å². The van der Waals surface area contributed by atoms with Gasteiger partial charge in [-0.3, -0.25) is 0 Å². The van der Waals surface area contributed by atoms with Gasteiger partial charge in [0, 0.05) is 11.5 Å². The molecule has 0 saturated heterocycles. The van der Waals surface area contributed by atoms with Gasteiger partial charge in [-0.15, -0.1) is 0 Å². The molecule has 0 bridgehead atoms. The number of benzene rings is 1. The predicted molar refractivity (Wildman–Crippen MR) is 78.0 cm³/mol. The Bertz CT molecular complexity index is 485. The lowest BCUT2D eigenvalue weighted by atomic mass is 9.59. The molecule has 1 aliphatic carbocycles. The monoisotopic (exact) mass is 257 g/mol. The summed E-state index contributed by atoms with van der Waals surface area (Å²) in [7, 11) is 0. The fourth-order valence-corrected chi connectivity index (χ4v) is 3.74. The second kappa shape index (κ2) is 4.87. The van der Waals surface area contributed by atoms with Crippen molar-refractivity contribution in [2.45, 2.75) is 37.1 Å². The summed E-state index contributed by atoms with van der Waals surface area (Å²) in [5.74, 6) is 0. The van der Waals surface area contributed by atoms with Crippen molar-refractivity contribution in [2.24, 2.45) is 5.73 Å². The van der Waals surface area contributed by atoms with Gasteiger partial charge in [0.1, 0.15) is 0 Å². The van der Waals surface area contributed by atoms with Gasteiger partial charge in [-0.1, -0.05) is 36.8 Å². The predicted octanol–water partition coefficient (Wildman–Crippen LogP) is 3.74. The van der Waals surface area contributed by atoms with Crippen LogP contribution in [0.2, 0.25) is 0 Å². The molecule has 0 amide bonds. The Balaban J connectivity index is 1.83. The summed E-state index contributed by atoms with van der Waals surface area (Å²) < 4.78 is 0. The first kappa shape index (κ1) is 11.9. The van der Waals surface area contributed by atoms with Crippen molar-refractivity contribution in [2.75, 3.05) is 0 Å². The molecule has 1 unspecified atom stereocenters. The van der Waals surface area contributed by atoms with E-state index < -0.39 is 0 Å². The maximum Gasteiger partial charge on any atom is 0.0177 e. The molecule has 1 heterocycles. The largest absolute Gasteiger partial charge is 0.327 e. The third-order valence-corrected chi connectivity index (χ3v) is 5.07. The van der Waals surface area contributed by atoms with Crippen LogP contribution in [0.4, 0.5) is 0 Å². The van der Waals surface area contributed by atoms with E-state index in [0.29, 0.717) is 0 Å². The maximum absolute atomic E-state index is 6.54. The Morgan fingerprint density at radius 1 is 1.17 bits per heavy atom. The SMILES string of the molecule is NC(Cc1ccsc1)C1(c2ccccc2)CCC1. The molecular weight excluding hydrogens is 238 g/mol. The zero-order chi connectivity index (χ0) is 12.4. The highest BCUT2D eigenvalue weighted by Gasteiger charge is 2.43. The lowest BCUT2D eigenvalue weighted by Crippen LogP contribution is -2.51. The molecule has 94 valence electrons. The van der Waals surface area contributed by atoms with E-state index in [4.69, 9.17) is 5.73 Å². The highest BCUT2D eigenvalue weighted by atomic mass is 32.1. The van der Waals surface area contributed by atoms with E-state index in [1.54, 1.807) is 11.3 Å². The van der Waals surface area contributed by atoms with Gasteiger partial charge in [-0.2, -0.15) is 11.3 Å². The van der Waals surface area contributed by atoms with Crippen molar-refractivity contribution in [1.82, 2.24) is 0 Å². The van der Waals surface area contributed by atoms with E-state index in [1.165, 1.54) is 30.4 Å². The first-order chi connectivity index (χ1) is 8.81. The molecule has 3 rings (SSSR count). The second-order valence-corrected chi connectivity index (χ2v) is 6.10. The minimum atomic E-state index is 0.225. The van der Waals surface area contributed by atoms with Crippen LogP contribution in [0.3, 0.4) is 0 Å². The third-order valence-electron chi connectivity index (χ3n) is 4.34. The summed E-state index contributed by atoms with van der Waals surface area (Å²) >= 11 is 1.76. The molecule has 2 N–H and O–H groups in total. The topological polar surface area (TPSA) is 26.0 Å². The minimum Gasteiger partial charge on any atom is -0.327 e. The maximum atomic E-state index is 6.54. The average molecular weight is 257 g/mol. The molecule has 1 aromatic heterocycles. The highest BCUT2D eigenvalue weighted by Crippen LogP contribution is 2.46. The molecule has 0 aliphatic heterocycles. The van der Waals surface area contributed by atoms with Crippen molar-refractivity contribution >= 4 is 11.3 Å². The number of hydrogen-bond acceptors (Lipinski definition) is 2. The molecule has 0 radical (unpaired) electrons. The van der Waals surface area contributed by atoms with E-state index in [1.807, 2.05) is 0 Å². The molecule has 1 nitrogen and oxygen atoms in total. The lowest BCUT2D eigenvalue weighted by molar-refractivity contribution is 0.194. The smallest absolute Gasteiger partial charge is 0.0177 e. The van der Waals surface area contributed by atoms with E-state index >= 15 is 0 Å². The van der Waals surface area contributed by atoms with Crippen LogP contribution in [-0.2, 0) is 11.8 Å². The second-order valence-electron chi connectivity index (χ2n) is 5.32. The van der Waals surface area contributed by atoms with Crippen LogP contribution in [-0.4, -0.2) is 6.04 Å². The Kier molecular flexibility index (Phi) is 3.23. The fourth-order valence-electron chi connectivity index (χ4n) is 3.06. The average Bonchev–Trinajstić information content (AvgIpc) is 2.82. The summed E-state index contributed by atoms with van der Waals surface area (Å²) in [6.07, 6.45) is 4.79. The Morgan fingerprint density at radius 3 is 2.50 bits per heavy atom. The minimum absolute atomic E-state index is 0.225. The Labute approximate surface area is 113 Å². The van der Waals surface area contributed by atoms with Crippen molar-refractivity contribution in [3.05, 3.63) is 58.3 Å². The Hall–Kier alpha value is -1.12. The van der Waals surface area contributed by atoms with Gasteiger partial charge in [0.05, 0.1) is 0 Å². The van der Waals surface area contributed by atoms with Crippen molar-refractivity contribution in [1.29, 1.82) is 0 Å². The number of rotatable bonds is 4. The van der Waals surface area contributed by atoms with Crippen LogP contribution in [0.5, 0.6) is 0 Å². The normalized spacial score (nSPS) is 19.2. The Morgan fingerprint density at radius 2 is 1.94 bits per heavy atom. The number of thiophene rings is 1. The highest BCUT2D eigenvalue weighted by molar-refractivity contribution is 7.07. The molecule has 1 aromatic carbocycles. The molecule has 1 fully saturated rings. The quantitative estimate of drug-likeness (QED) is 0.887. The first-order valence-corrected chi connectivity index (χ1v) is 7.58. The molecule has 18 heavy (non-hydrogen) atoms. The van der Waals surface area contributed by atoms with Crippen LogP contribution in [0.1, 0.15) is 30.4 Å². The van der Waals surface area contributed by atoms with Gasteiger partial charge in [0.15, 0.2) is 0 Å². The molecular formula is C16H19NS. The zero-order valence-corrected chi connectivity index (χ0v) is 11.3. The van der Waals surface area contributed by atoms with Crippen LogP contribution in [0.25, 0.3) is 0 Å². The summed E-state index contributed by atoms with van der Waals surface area (Å²) in [5, 5.41) is 4.36. The van der Waals surface area contributed by atoms with Crippen LogP contribution in [0.15, 0.2) is 47.2 Å². The van der Waals surface area contributed by atoms with Gasteiger partial charge < -0.3 is 5.73 Å². The van der Waals surface area contributed by atoms with Gasteiger partial charge in [0.2, 0.25) is 0 Å². The van der Waals surface area contributed by atoms with Gasteiger partial charge in [-0.25, -0.2) is 0 Å². The molecule has 1 atom stereocenters.